The number of nitrogens with one attached hydrogen (secondary N) is 3. The second kappa shape index (κ2) is 8.65. The van der Waals surface area contributed by atoms with E-state index in [9.17, 15) is 14.4 Å². The van der Waals surface area contributed by atoms with E-state index in [1.165, 1.54) is 17.4 Å². The lowest BCUT2D eigenvalue weighted by Crippen LogP contribution is -2.33. The molecule has 0 aliphatic heterocycles. The number of amides is 2. The highest BCUT2D eigenvalue weighted by molar-refractivity contribution is 7.18. The van der Waals surface area contributed by atoms with E-state index in [2.05, 4.69) is 41.4 Å². The van der Waals surface area contributed by atoms with Crippen LogP contribution in [-0.4, -0.2) is 34.9 Å². The molecule has 8 heteroatoms. The van der Waals surface area contributed by atoms with E-state index in [1.54, 1.807) is 11.3 Å². The molecule has 7 nitrogen and oxygen atoms in total. The van der Waals surface area contributed by atoms with Crippen molar-refractivity contribution in [3.8, 4) is 0 Å². The van der Waals surface area contributed by atoms with Crippen LogP contribution < -0.4 is 16.2 Å². The lowest BCUT2D eigenvalue weighted by molar-refractivity contribution is -0.122. The van der Waals surface area contributed by atoms with Gasteiger partial charge in [0.25, 0.3) is 5.56 Å². The zero-order valence-corrected chi connectivity index (χ0v) is 18.4. The lowest BCUT2D eigenvalue weighted by Gasteiger charge is -2.33. The standard InChI is InChI=1S/C21H30N4O3S/c1-12(26)22-9-10-23-17(27)8-7-16-24-19(28)18-14-6-5-13(21(2,3)4)11-15(14)29-20(18)25-16/h13H,5-11H2,1-4H3,(H,22,26)(H,23,27)(H,24,25,28)/t13-/m1/s1. The Hall–Kier alpha value is -2.22. The van der Waals surface area contributed by atoms with Crippen LogP contribution in [0.15, 0.2) is 4.79 Å². The van der Waals surface area contributed by atoms with Crippen LogP contribution >= 0.6 is 11.3 Å². The molecule has 0 spiro atoms. The van der Waals surface area contributed by atoms with E-state index < -0.39 is 0 Å². The zero-order valence-electron chi connectivity index (χ0n) is 17.6. The summed E-state index contributed by atoms with van der Waals surface area (Å²) < 4.78 is 0. The van der Waals surface area contributed by atoms with Gasteiger partial charge >= 0.3 is 0 Å². The molecule has 1 aliphatic rings. The normalized spacial score (nSPS) is 16.5. The number of aromatic amines is 1. The highest BCUT2D eigenvalue weighted by atomic mass is 32.1. The van der Waals surface area contributed by atoms with Crippen molar-refractivity contribution in [2.75, 3.05) is 13.1 Å². The zero-order chi connectivity index (χ0) is 21.2. The Balaban J connectivity index is 1.67. The molecule has 29 heavy (non-hydrogen) atoms. The Labute approximate surface area is 174 Å². The molecule has 2 aromatic rings. The topological polar surface area (TPSA) is 104 Å². The van der Waals surface area contributed by atoms with Gasteiger partial charge in [-0.05, 0) is 36.2 Å². The van der Waals surface area contributed by atoms with Crippen molar-refractivity contribution in [2.24, 2.45) is 11.3 Å². The van der Waals surface area contributed by atoms with Gasteiger partial charge in [0, 0.05) is 37.7 Å². The molecule has 3 N–H and O–H groups in total. The van der Waals surface area contributed by atoms with Crippen molar-refractivity contribution in [2.45, 2.75) is 59.8 Å². The van der Waals surface area contributed by atoms with Gasteiger partial charge in [-0.25, -0.2) is 4.98 Å². The summed E-state index contributed by atoms with van der Waals surface area (Å²) in [6, 6.07) is 0. The Morgan fingerprint density at radius 1 is 1.24 bits per heavy atom. The van der Waals surface area contributed by atoms with Crippen LogP contribution in [0.4, 0.5) is 0 Å². The van der Waals surface area contributed by atoms with Gasteiger partial charge < -0.3 is 15.6 Å². The number of carbonyl (C=O) groups is 2. The summed E-state index contributed by atoms with van der Waals surface area (Å²) in [5.74, 6) is 0.909. The minimum absolute atomic E-state index is 0.0947. The first kappa shape index (κ1) is 21.5. The van der Waals surface area contributed by atoms with E-state index in [4.69, 9.17) is 0 Å². The van der Waals surface area contributed by atoms with Crippen molar-refractivity contribution in [1.82, 2.24) is 20.6 Å². The highest BCUT2D eigenvalue weighted by Gasteiger charge is 2.31. The number of nitrogens with zero attached hydrogens (tertiary/aromatic N) is 1. The average Bonchev–Trinajstić information content (AvgIpc) is 3.00. The third-order valence-corrected chi connectivity index (χ3v) is 6.75. The minimum Gasteiger partial charge on any atom is -0.355 e. The fraction of sp³-hybridized carbons (Fsp3) is 0.619. The number of thiophene rings is 1. The number of H-pyrrole nitrogens is 1. The van der Waals surface area contributed by atoms with Crippen molar-refractivity contribution in [1.29, 1.82) is 0 Å². The SMILES string of the molecule is CC(=O)NCCNC(=O)CCc1nc2sc3c(c2c(=O)[nH]1)CC[C@@H](C(C)(C)C)C3. The van der Waals surface area contributed by atoms with Crippen LogP contribution in [0.2, 0.25) is 0 Å². The van der Waals surface area contributed by atoms with E-state index in [0.29, 0.717) is 31.3 Å². The first-order chi connectivity index (χ1) is 13.6. The highest BCUT2D eigenvalue weighted by Crippen LogP contribution is 2.41. The van der Waals surface area contributed by atoms with Crippen LogP contribution in [0.5, 0.6) is 0 Å². The molecule has 2 amide bonds. The van der Waals surface area contributed by atoms with Gasteiger partial charge in [-0.15, -0.1) is 11.3 Å². The first-order valence-corrected chi connectivity index (χ1v) is 11.0. The molecule has 0 saturated carbocycles. The minimum atomic E-state index is -0.128. The quantitative estimate of drug-likeness (QED) is 0.626. The predicted octanol–water partition coefficient (Wildman–Crippen LogP) is 2.32. The van der Waals surface area contributed by atoms with Crippen LogP contribution in [0.25, 0.3) is 10.2 Å². The summed E-state index contributed by atoms with van der Waals surface area (Å²) in [6.07, 6.45) is 3.65. The maximum absolute atomic E-state index is 12.7. The number of hydrogen-bond acceptors (Lipinski definition) is 5. The molecular weight excluding hydrogens is 388 g/mol. The molecule has 2 heterocycles. The molecule has 0 saturated heterocycles. The predicted molar refractivity (Wildman–Crippen MR) is 115 cm³/mol. The van der Waals surface area contributed by atoms with Crippen LogP contribution in [0.1, 0.15) is 56.8 Å². The third kappa shape index (κ3) is 5.23. The molecule has 1 aliphatic carbocycles. The van der Waals surface area contributed by atoms with Gasteiger partial charge in [0.15, 0.2) is 0 Å². The Morgan fingerprint density at radius 2 is 1.97 bits per heavy atom. The smallest absolute Gasteiger partial charge is 0.259 e. The molecule has 0 fully saturated rings. The molecule has 0 aromatic carbocycles. The van der Waals surface area contributed by atoms with Crippen LogP contribution in [0, 0.1) is 11.3 Å². The van der Waals surface area contributed by atoms with Crippen molar-refractivity contribution < 1.29 is 9.59 Å². The Morgan fingerprint density at radius 3 is 2.66 bits per heavy atom. The summed E-state index contributed by atoms with van der Waals surface area (Å²) in [7, 11) is 0. The van der Waals surface area contributed by atoms with Crippen molar-refractivity contribution >= 4 is 33.4 Å². The molecule has 3 rings (SSSR count). The molecule has 0 radical (unpaired) electrons. The van der Waals surface area contributed by atoms with Gasteiger partial charge in [-0.1, -0.05) is 20.8 Å². The van der Waals surface area contributed by atoms with Gasteiger partial charge in [0.1, 0.15) is 10.7 Å². The second-order valence-electron chi connectivity index (χ2n) is 8.84. The van der Waals surface area contributed by atoms with Crippen molar-refractivity contribution in [3.05, 3.63) is 26.6 Å². The van der Waals surface area contributed by atoms with E-state index in [-0.39, 0.29) is 29.2 Å². The fourth-order valence-electron chi connectivity index (χ4n) is 3.85. The van der Waals surface area contributed by atoms with Crippen LogP contribution in [0.3, 0.4) is 0 Å². The molecule has 2 aromatic heterocycles. The van der Waals surface area contributed by atoms with Gasteiger partial charge in [0.2, 0.25) is 11.8 Å². The fourth-order valence-corrected chi connectivity index (χ4v) is 5.17. The number of aryl methyl sites for hydroxylation is 2. The molecular formula is C21H30N4O3S. The monoisotopic (exact) mass is 418 g/mol. The number of carbonyl (C=O) groups excluding carboxylic acids is 2. The lowest BCUT2D eigenvalue weighted by atomic mass is 9.72. The molecule has 0 bridgehead atoms. The summed E-state index contributed by atoms with van der Waals surface area (Å²) in [4.78, 5) is 45.1. The van der Waals surface area contributed by atoms with Gasteiger partial charge in [-0.2, -0.15) is 0 Å². The number of hydrogen-bond donors (Lipinski definition) is 3. The summed E-state index contributed by atoms with van der Waals surface area (Å²) in [6.45, 7) is 9.05. The number of fused-ring (bicyclic) bond motifs is 3. The summed E-state index contributed by atoms with van der Waals surface area (Å²) in [5.41, 5.74) is 1.33. The molecule has 0 unspecified atom stereocenters. The van der Waals surface area contributed by atoms with Crippen LogP contribution in [-0.2, 0) is 28.9 Å². The summed E-state index contributed by atoms with van der Waals surface area (Å²) in [5, 5.41) is 6.11. The van der Waals surface area contributed by atoms with Crippen molar-refractivity contribution in [3.63, 3.8) is 0 Å². The Bertz CT molecular complexity index is 971. The first-order valence-electron chi connectivity index (χ1n) is 10.2. The van der Waals surface area contributed by atoms with E-state index >= 15 is 0 Å². The maximum atomic E-state index is 12.7. The largest absolute Gasteiger partial charge is 0.355 e. The van der Waals surface area contributed by atoms with E-state index in [0.717, 1.165) is 29.5 Å². The van der Waals surface area contributed by atoms with Gasteiger partial charge in [0.05, 0.1) is 5.39 Å². The number of rotatable bonds is 6. The average molecular weight is 419 g/mol. The number of aromatic nitrogens is 2. The summed E-state index contributed by atoms with van der Waals surface area (Å²) >= 11 is 1.63. The molecule has 158 valence electrons. The van der Waals surface area contributed by atoms with E-state index in [1.807, 2.05) is 0 Å². The molecule has 1 atom stereocenters. The Kier molecular flexibility index (Phi) is 6.41. The second-order valence-corrected chi connectivity index (χ2v) is 9.92. The third-order valence-electron chi connectivity index (χ3n) is 5.60. The maximum Gasteiger partial charge on any atom is 0.259 e. The van der Waals surface area contributed by atoms with Gasteiger partial charge in [-0.3, -0.25) is 14.4 Å².